The van der Waals surface area contributed by atoms with E-state index in [-0.39, 0.29) is 6.42 Å². The van der Waals surface area contributed by atoms with Gasteiger partial charge in [0.2, 0.25) is 0 Å². The average Bonchev–Trinajstić information content (AvgIpc) is 2.49. The van der Waals surface area contributed by atoms with Crippen molar-refractivity contribution in [2.45, 2.75) is 18.6 Å². The molecule has 2 aromatic rings. The third kappa shape index (κ3) is 2.69. The normalized spacial score (nSPS) is 20.6. The summed E-state index contributed by atoms with van der Waals surface area (Å²) in [6.45, 7) is 0. The molecule has 21 heavy (non-hydrogen) atoms. The van der Waals surface area contributed by atoms with Gasteiger partial charge in [0, 0.05) is 28.6 Å². The van der Waals surface area contributed by atoms with E-state index in [1.165, 1.54) is 18.2 Å². The Labute approximate surface area is 126 Å². The lowest BCUT2D eigenvalue weighted by molar-refractivity contribution is 0.0638. The van der Waals surface area contributed by atoms with Crippen LogP contribution in [0, 0.1) is 5.82 Å². The number of fused-ring (bicyclic) bond motifs is 1. The number of aliphatic hydroxyl groups excluding tert-OH is 1. The SMILES string of the molecule is COc1ccc2c(c1)OC(c1cc(Cl)ccc1F)CC2O. The van der Waals surface area contributed by atoms with Crippen LogP contribution in [0.2, 0.25) is 5.02 Å². The molecule has 0 spiro atoms. The minimum Gasteiger partial charge on any atom is -0.497 e. The molecule has 1 aliphatic heterocycles. The highest BCUT2D eigenvalue weighted by Crippen LogP contribution is 2.43. The van der Waals surface area contributed by atoms with Gasteiger partial charge in [-0.05, 0) is 30.3 Å². The van der Waals surface area contributed by atoms with Crippen LogP contribution in [0.25, 0.3) is 0 Å². The number of methoxy groups -OCH3 is 1. The van der Waals surface area contributed by atoms with Gasteiger partial charge in [0.05, 0.1) is 13.2 Å². The van der Waals surface area contributed by atoms with Crippen molar-refractivity contribution in [2.24, 2.45) is 0 Å². The zero-order valence-electron chi connectivity index (χ0n) is 11.3. The first-order valence-corrected chi connectivity index (χ1v) is 6.94. The fourth-order valence-corrected chi connectivity index (χ4v) is 2.68. The minimum absolute atomic E-state index is 0.274. The largest absolute Gasteiger partial charge is 0.497 e. The number of hydrogen-bond donors (Lipinski definition) is 1. The van der Waals surface area contributed by atoms with Crippen LogP contribution in [-0.2, 0) is 0 Å². The van der Waals surface area contributed by atoms with Gasteiger partial charge in [-0.2, -0.15) is 0 Å². The van der Waals surface area contributed by atoms with Gasteiger partial charge < -0.3 is 14.6 Å². The van der Waals surface area contributed by atoms with Crippen molar-refractivity contribution in [2.75, 3.05) is 7.11 Å². The number of benzene rings is 2. The van der Waals surface area contributed by atoms with Crippen molar-refractivity contribution in [3.63, 3.8) is 0 Å². The molecule has 1 aliphatic rings. The first-order valence-electron chi connectivity index (χ1n) is 6.56. The zero-order valence-corrected chi connectivity index (χ0v) is 12.1. The van der Waals surface area contributed by atoms with Crippen molar-refractivity contribution < 1.29 is 19.0 Å². The van der Waals surface area contributed by atoms with Crippen LogP contribution in [0.15, 0.2) is 36.4 Å². The van der Waals surface area contributed by atoms with Crippen molar-refractivity contribution in [3.8, 4) is 11.5 Å². The van der Waals surface area contributed by atoms with E-state index in [4.69, 9.17) is 21.1 Å². The third-order valence-electron chi connectivity index (χ3n) is 3.59. The summed E-state index contributed by atoms with van der Waals surface area (Å²) in [4.78, 5) is 0. The summed E-state index contributed by atoms with van der Waals surface area (Å²) < 4.78 is 24.9. The molecule has 0 fully saturated rings. The number of ether oxygens (including phenoxy) is 2. The van der Waals surface area contributed by atoms with Crippen molar-refractivity contribution in [3.05, 3.63) is 58.4 Å². The van der Waals surface area contributed by atoms with E-state index in [9.17, 15) is 9.50 Å². The zero-order chi connectivity index (χ0) is 15.0. The van der Waals surface area contributed by atoms with Gasteiger partial charge in [-0.25, -0.2) is 4.39 Å². The van der Waals surface area contributed by atoms with Gasteiger partial charge in [-0.15, -0.1) is 0 Å². The topological polar surface area (TPSA) is 38.7 Å². The Morgan fingerprint density at radius 3 is 2.81 bits per heavy atom. The monoisotopic (exact) mass is 308 g/mol. The second-order valence-corrected chi connectivity index (χ2v) is 5.36. The average molecular weight is 309 g/mol. The van der Waals surface area contributed by atoms with Crippen molar-refractivity contribution >= 4 is 11.6 Å². The first-order chi connectivity index (χ1) is 10.1. The third-order valence-corrected chi connectivity index (χ3v) is 3.83. The molecule has 0 amide bonds. The summed E-state index contributed by atoms with van der Waals surface area (Å²) in [7, 11) is 1.55. The molecule has 110 valence electrons. The molecule has 0 radical (unpaired) electrons. The summed E-state index contributed by atoms with van der Waals surface area (Å²) in [5.41, 5.74) is 1.02. The lowest BCUT2D eigenvalue weighted by atomic mass is 9.94. The molecule has 5 heteroatoms. The van der Waals surface area contributed by atoms with Crippen LogP contribution in [0.5, 0.6) is 11.5 Å². The van der Waals surface area contributed by atoms with Crippen LogP contribution < -0.4 is 9.47 Å². The Morgan fingerprint density at radius 2 is 2.05 bits per heavy atom. The molecule has 0 saturated heterocycles. The van der Waals surface area contributed by atoms with Gasteiger partial charge in [0.15, 0.2) is 0 Å². The molecular weight excluding hydrogens is 295 g/mol. The number of rotatable bonds is 2. The second-order valence-electron chi connectivity index (χ2n) is 4.93. The van der Waals surface area contributed by atoms with Crippen LogP contribution in [-0.4, -0.2) is 12.2 Å². The molecular formula is C16H14ClFO3. The quantitative estimate of drug-likeness (QED) is 0.910. The van der Waals surface area contributed by atoms with E-state index in [1.54, 1.807) is 25.3 Å². The Balaban J connectivity index is 1.98. The molecule has 2 atom stereocenters. The van der Waals surface area contributed by atoms with Crippen LogP contribution >= 0.6 is 11.6 Å². The highest BCUT2D eigenvalue weighted by Gasteiger charge is 2.30. The maximum Gasteiger partial charge on any atom is 0.130 e. The summed E-state index contributed by atoms with van der Waals surface area (Å²) in [6.07, 6.45) is -1.03. The van der Waals surface area contributed by atoms with E-state index in [0.29, 0.717) is 27.6 Å². The Morgan fingerprint density at radius 1 is 1.24 bits per heavy atom. The first kappa shape index (κ1) is 14.2. The molecule has 1 heterocycles. The predicted octanol–water partition coefficient (Wildman–Crippen LogP) is 4.04. The number of halogens is 2. The van der Waals surface area contributed by atoms with E-state index in [1.807, 2.05) is 0 Å². The molecule has 0 bridgehead atoms. The van der Waals surface area contributed by atoms with Crippen LogP contribution in [0.1, 0.15) is 29.8 Å². The lowest BCUT2D eigenvalue weighted by Crippen LogP contribution is -2.20. The fraction of sp³-hybridized carbons (Fsp3) is 0.250. The van der Waals surface area contributed by atoms with Crippen molar-refractivity contribution in [1.82, 2.24) is 0 Å². The molecule has 3 rings (SSSR count). The van der Waals surface area contributed by atoms with Gasteiger partial charge in [-0.1, -0.05) is 11.6 Å². The minimum atomic E-state index is -0.719. The molecule has 2 aromatic carbocycles. The molecule has 0 aromatic heterocycles. The van der Waals surface area contributed by atoms with Gasteiger partial charge >= 0.3 is 0 Å². The molecule has 2 unspecified atom stereocenters. The van der Waals surface area contributed by atoms with E-state index < -0.39 is 18.0 Å². The smallest absolute Gasteiger partial charge is 0.130 e. The Hall–Kier alpha value is -1.78. The van der Waals surface area contributed by atoms with Crippen molar-refractivity contribution in [1.29, 1.82) is 0 Å². The van der Waals surface area contributed by atoms with Crippen LogP contribution in [0.4, 0.5) is 4.39 Å². The Kier molecular flexibility index (Phi) is 3.74. The highest BCUT2D eigenvalue weighted by molar-refractivity contribution is 6.30. The summed E-state index contributed by atoms with van der Waals surface area (Å²) in [6, 6.07) is 9.51. The molecule has 1 N–H and O–H groups in total. The maximum absolute atomic E-state index is 14.0. The van der Waals surface area contributed by atoms with E-state index in [0.717, 1.165) is 0 Å². The lowest BCUT2D eigenvalue weighted by Gasteiger charge is -2.30. The fourth-order valence-electron chi connectivity index (χ4n) is 2.50. The van der Waals surface area contributed by atoms with Crippen LogP contribution in [0.3, 0.4) is 0 Å². The number of aliphatic hydroxyl groups is 1. The summed E-state index contributed by atoms with van der Waals surface area (Å²) >= 11 is 5.92. The molecule has 3 nitrogen and oxygen atoms in total. The molecule has 0 aliphatic carbocycles. The Bertz CT molecular complexity index is 675. The summed E-state index contributed by atoms with van der Waals surface area (Å²) in [5, 5.41) is 10.7. The predicted molar refractivity (Wildman–Crippen MR) is 77.3 cm³/mol. The van der Waals surface area contributed by atoms with E-state index >= 15 is 0 Å². The molecule has 0 saturated carbocycles. The van der Waals surface area contributed by atoms with Gasteiger partial charge in [0.1, 0.15) is 23.4 Å². The summed E-state index contributed by atoms with van der Waals surface area (Å²) in [5.74, 6) is 0.716. The number of hydrogen-bond acceptors (Lipinski definition) is 3. The maximum atomic E-state index is 14.0. The standard InChI is InChI=1S/C16H14ClFO3/c1-20-10-3-4-11-14(19)8-16(21-15(11)7-10)12-6-9(17)2-5-13(12)18/h2-7,14,16,19H,8H2,1H3. The second kappa shape index (κ2) is 5.54. The van der Waals surface area contributed by atoms with Gasteiger partial charge in [0.25, 0.3) is 0 Å². The highest BCUT2D eigenvalue weighted by atomic mass is 35.5. The van der Waals surface area contributed by atoms with E-state index in [2.05, 4.69) is 0 Å². The van der Waals surface area contributed by atoms with Gasteiger partial charge in [-0.3, -0.25) is 0 Å².